The first kappa shape index (κ1) is 9.41. The summed E-state index contributed by atoms with van der Waals surface area (Å²) in [6, 6.07) is 0. The van der Waals surface area contributed by atoms with Crippen molar-refractivity contribution in [3.8, 4) is 0 Å². The van der Waals surface area contributed by atoms with Crippen LogP contribution in [0.5, 0.6) is 0 Å². The van der Waals surface area contributed by atoms with Gasteiger partial charge in [-0.1, -0.05) is 26.5 Å². The van der Waals surface area contributed by atoms with Crippen LogP contribution >= 0.6 is 0 Å². The highest BCUT2D eigenvalue weighted by molar-refractivity contribution is 5.80. The highest BCUT2D eigenvalue weighted by Gasteiger charge is 2.11. The van der Waals surface area contributed by atoms with Gasteiger partial charge in [-0.15, -0.1) is 0 Å². The molecule has 10 heavy (non-hydrogen) atoms. The number of rotatable bonds is 5. The van der Waals surface area contributed by atoms with Gasteiger partial charge in [-0.25, -0.2) is 0 Å². The lowest BCUT2D eigenvalue weighted by Gasteiger charge is -2.08. The molecule has 0 aromatic carbocycles. The van der Waals surface area contributed by atoms with Crippen molar-refractivity contribution in [1.82, 2.24) is 0 Å². The molecule has 0 amide bonds. The van der Waals surface area contributed by atoms with Crippen molar-refractivity contribution in [1.29, 1.82) is 0 Å². The summed E-state index contributed by atoms with van der Waals surface area (Å²) in [6.45, 7) is 9.13. The maximum absolute atomic E-state index is 11.1. The zero-order valence-electron chi connectivity index (χ0n) is 6.76. The first-order chi connectivity index (χ1) is 4.76. The molecule has 1 radical (unpaired) electrons. The molecule has 0 fully saturated rings. The molecule has 0 aliphatic rings. The summed E-state index contributed by atoms with van der Waals surface area (Å²) in [6.07, 6.45) is 3.83. The van der Waals surface area contributed by atoms with Gasteiger partial charge in [-0.05, 0) is 12.8 Å². The molecule has 0 N–H and O–H groups in total. The summed E-state index contributed by atoms with van der Waals surface area (Å²) < 4.78 is 0. The second-order valence-electron chi connectivity index (χ2n) is 2.40. The van der Waals surface area contributed by atoms with Crippen LogP contribution in [0.15, 0.2) is 6.08 Å². The fourth-order valence-corrected chi connectivity index (χ4v) is 0.979. The van der Waals surface area contributed by atoms with Gasteiger partial charge in [0, 0.05) is 12.3 Å². The number of hydrogen-bond acceptors (Lipinski definition) is 1. The number of allylic oxidation sites excluding steroid dienone is 1. The predicted molar refractivity (Wildman–Crippen MR) is 42.6 cm³/mol. The standard InChI is InChI=1S/C9H15O/c1-4-7-8(5-2)9(10)6-3/h1,4,8H,5-7H2,2-3H3. The van der Waals surface area contributed by atoms with E-state index in [-0.39, 0.29) is 5.92 Å². The number of hydrogen-bond donors (Lipinski definition) is 0. The van der Waals surface area contributed by atoms with Gasteiger partial charge in [0.25, 0.3) is 0 Å². The Hall–Kier alpha value is -0.590. The number of carbonyl (C=O) groups is 1. The lowest BCUT2D eigenvalue weighted by atomic mass is 9.96. The van der Waals surface area contributed by atoms with Gasteiger partial charge in [0.05, 0.1) is 0 Å². The first-order valence-electron chi connectivity index (χ1n) is 3.82. The third kappa shape index (κ3) is 2.81. The smallest absolute Gasteiger partial charge is 0.135 e. The molecule has 0 aromatic rings. The van der Waals surface area contributed by atoms with Crippen LogP contribution in [0.2, 0.25) is 0 Å². The van der Waals surface area contributed by atoms with Gasteiger partial charge in [-0.3, -0.25) is 4.79 Å². The fourth-order valence-electron chi connectivity index (χ4n) is 0.979. The van der Waals surface area contributed by atoms with Crippen molar-refractivity contribution >= 4 is 5.78 Å². The Kier molecular flexibility index (Phi) is 4.91. The summed E-state index contributed by atoms with van der Waals surface area (Å²) in [5, 5.41) is 0. The lowest BCUT2D eigenvalue weighted by molar-refractivity contribution is -0.122. The van der Waals surface area contributed by atoms with Crippen LogP contribution in [0.4, 0.5) is 0 Å². The van der Waals surface area contributed by atoms with Gasteiger partial charge < -0.3 is 0 Å². The van der Waals surface area contributed by atoms with Crippen LogP contribution in [0.3, 0.4) is 0 Å². The largest absolute Gasteiger partial charge is 0.299 e. The minimum Gasteiger partial charge on any atom is -0.299 e. The van der Waals surface area contributed by atoms with Crippen molar-refractivity contribution < 1.29 is 4.79 Å². The van der Waals surface area contributed by atoms with Crippen molar-refractivity contribution in [2.45, 2.75) is 33.1 Å². The number of ketones is 1. The van der Waals surface area contributed by atoms with Crippen molar-refractivity contribution in [3.05, 3.63) is 12.7 Å². The Labute approximate surface area is 63.1 Å². The summed E-state index contributed by atoms with van der Waals surface area (Å²) in [5.74, 6) is 0.485. The van der Waals surface area contributed by atoms with Crippen LogP contribution in [-0.2, 0) is 4.79 Å². The monoisotopic (exact) mass is 139 g/mol. The van der Waals surface area contributed by atoms with E-state index in [4.69, 9.17) is 6.58 Å². The Bertz CT molecular complexity index is 116. The highest BCUT2D eigenvalue weighted by atomic mass is 16.1. The van der Waals surface area contributed by atoms with Gasteiger partial charge >= 0.3 is 0 Å². The molecule has 0 rings (SSSR count). The van der Waals surface area contributed by atoms with Gasteiger partial charge in [0.15, 0.2) is 0 Å². The SMILES string of the molecule is [CH]=CCC(CC)C(=O)CC. The van der Waals surface area contributed by atoms with Crippen LogP contribution in [-0.4, -0.2) is 5.78 Å². The molecule has 1 unspecified atom stereocenters. The molecule has 0 aromatic heterocycles. The van der Waals surface area contributed by atoms with E-state index >= 15 is 0 Å². The first-order valence-corrected chi connectivity index (χ1v) is 3.82. The van der Waals surface area contributed by atoms with E-state index in [1.165, 1.54) is 0 Å². The van der Waals surface area contributed by atoms with E-state index in [0.29, 0.717) is 12.2 Å². The number of carbonyl (C=O) groups excluding carboxylic acids is 1. The van der Waals surface area contributed by atoms with E-state index in [9.17, 15) is 4.79 Å². The van der Waals surface area contributed by atoms with E-state index in [1.807, 2.05) is 13.8 Å². The molecule has 57 valence electrons. The normalized spacial score (nSPS) is 12.6. The second kappa shape index (κ2) is 5.21. The Balaban J connectivity index is 3.79. The maximum atomic E-state index is 11.1. The maximum Gasteiger partial charge on any atom is 0.135 e. The summed E-state index contributed by atoms with van der Waals surface area (Å²) in [5.41, 5.74) is 0. The third-order valence-electron chi connectivity index (χ3n) is 1.72. The van der Waals surface area contributed by atoms with Crippen molar-refractivity contribution in [2.75, 3.05) is 0 Å². The van der Waals surface area contributed by atoms with Crippen LogP contribution in [0, 0.1) is 12.5 Å². The van der Waals surface area contributed by atoms with E-state index in [1.54, 1.807) is 6.08 Å². The van der Waals surface area contributed by atoms with Crippen molar-refractivity contribution in [2.24, 2.45) is 5.92 Å². The molecule has 0 spiro atoms. The van der Waals surface area contributed by atoms with Crippen LogP contribution < -0.4 is 0 Å². The lowest BCUT2D eigenvalue weighted by Crippen LogP contribution is -2.10. The van der Waals surface area contributed by atoms with Crippen molar-refractivity contribution in [3.63, 3.8) is 0 Å². The Morgan fingerprint density at radius 1 is 1.60 bits per heavy atom. The van der Waals surface area contributed by atoms with Gasteiger partial charge in [0.2, 0.25) is 0 Å². The summed E-state index contributed by atoms with van der Waals surface area (Å²) in [4.78, 5) is 11.1. The molecular weight excluding hydrogens is 124 g/mol. The quantitative estimate of drug-likeness (QED) is 0.571. The molecule has 0 aliphatic carbocycles. The molecule has 0 heterocycles. The molecular formula is C9H15O. The van der Waals surface area contributed by atoms with Crippen LogP contribution in [0.25, 0.3) is 0 Å². The number of Topliss-reactive ketones (excluding diaryl/α,β-unsaturated/α-hetero) is 1. The minimum absolute atomic E-state index is 0.162. The predicted octanol–water partition coefficient (Wildman–Crippen LogP) is 2.37. The zero-order valence-corrected chi connectivity index (χ0v) is 6.76. The second-order valence-corrected chi connectivity index (χ2v) is 2.40. The van der Waals surface area contributed by atoms with E-state index in [0.717, 1.165) is 12.8 Å². The Morgan fingerprint density at radius 3 is 2.50 bits per heavy atom. The minimum atomic E-state index is 0.162. The molecule has 0 saturated heterocycles. The zero-order chi connectivity index (χ0) is 7.98. The molecule has 0 saturated carbocycles. The topological polar surface area (TPSA) is 17.1 Å². The molecule has 1 heteroatoms. The average Bonchev–Trinajstić information content (AvgIpc) is 1.99. The Morgan fingerprint density at radius 2 is 2.20 bits per heavy atom. The molecule has 0 bridgehead atoms. The molecule has 1 atom stereocenters. The van der Waals surface area contributed by atoms with Crippen LogP contribution in [0.1, 0.15) is 33.1 Å². The van der Waals surface area contributed by atoms with Gasteiger partial charge in [0.1, 0.15) is 5.78 Å². The summed E-state index contributed by atoms with van der Waals surface area (Å²) >= 11 is 0. The summed E-state index contributed by atoms with van der Waals surface area (Å²) in [7, 11) is 0. The molecule has 0 aliphatic heterocycles. The third-order valence-corrected chi connectivity index (χ3v) is 1.72. The highest BCUT2D eigenvalue weighted by Crippen LogP contribution is 2.11. The fraction of sp³-hybridized carbons (Fsp3) is 0.667. The molecule has 1 nitrogen and oxygen atoms in total. The van der Waals surface area contributed by atoms with Gasteiger partial charge in [-0.2, -0.15) is 0 Å². The van der Waals surface area contributed by atoms with E-state index in [2.05, 4.69) is 0 Å². The van der Waals surface area contributed by atoms with E-state index < -0.39 is 0 Å². The average molecular weight is 139 g/mol.